The molecule has 1 unspecified atom stereocenters. The summed E-state index contributed by atoms with van der Waals surface area (Å²) < 4.78 is 1.96. The van der Waals surface area contributed by atoms with E-state index < -0.39 is 0 Å². The molecule has 118 valence electrons. The highest BCUT2D eigenvalue weighted by atomic mass is 35.5. The van der Waals surface area contributed by atoms with Crippen molar-refractivity contribution in [1.82, 2.24) is 9.55 Å². The van der Waals surface area contributed by atoms with Crippen molar-refractivity contribution in [3.05, 3.63) is 90.5 Å². The van der Waals surface area contributed by atoms with E-state index in [1.54, 1.807) is 12.5 Å². The van der Waals surface area contributed by atoms with Gasteiger partial charge >= 0.3 is 0 Å². The molecule has 0 saturated carbocycles. The van der Waals surface area contributed by atoms with Crippen molar-refractivity contribution in [3.63, 3.8) is 0 Å². The Morgan fingerprint density at radius 1 is 1.00 bits per heavy atom. The molecule has 0 bridgehead atoms. The molecule has 1 heterocycles. The van der Waals surface area contributed by atoms with Crippen LogP contribution in [0.3, 0.4) is 0 Å². The maximum Gasteiger partial charge on any atom is 0.146 e. The standard InChI is InChI=1S/C19H18N2O.ClH/c22-19(13-16-7-3-1-4-8-16)18(14-21-12-11-20-15-21)17-9-5-2-6-10-17;/h1-12,15,18H,13-14H2;1H. The van der Waals surface area contributed by atoms with Crippen LogP contribution in [-0.4, -0.2) is 15.3 Å². The highest BCUT2D eigenvalue weighted by molar-refractivity contribution is 5.87. The van der Waals surface area contributed by atoms with E-state index in [2.05, 4.69) is 4.98 Å². The maximum absolute atomic E-state index is 12.8. The van der Waals surface area contributed by atoms with E-state index in [1.807, 2.05) is 71.4 Å². The third-order valence-electron chi connectivity index (χ3n) is 3.76. The Labute approximate surface area is 142 Å². The van der Waals surface area contributed by atoms with Crippen LogP contribution >= 0.6 is 12.4 Å². The zero-order valence-electron chi connectivity index (χ0n) is 12.7. The Morgan fingerprint density at radius 3 is 2.26 bits per heavy atom. The van der Waals surface area contributed by atoms with Crippen LogP contribution in [0.5, 0.6) is 0 Å². The van der Waals surface area contributed by atoms with Gasteiger partial charge in [-0.2, -0.15) is 0 Å². The molecular weight excluding hydrogens is 308 g/mol. The number of benzene rings is 2. The summed E-state index contributed by atoms with van der Waals surface area (Å²) in [6.07, 6.45) is 5.84. The summed E-state index contributed by atoms with van der Waals surface area (Å²) in [5.74, 6) is 0.0710. The third-order valence-corrected chi connectivity index (χ3v) is 3.76. The van der Waals surface area contributed by atoms with Gasteiger partial charge in [0.15, 0.2) is 0 Å². The molecule has 2 aromatic carbocycles. The topological polar surface area (TPSA) is 34.9 Å². The van der Waals surface area contributed by atoms with E-state index >= 15 is 0 Å². The number of nitrogens with zero attached hydrogens (tertiary/aromatic N) is 2. The van der Waals surface area contributed by atoms with Crippen LogP contribution in [0.4, 0.5) is 0 Å². The summed E-state index contributed by atoms with van der Waals surface area (Å²) in [7, 11) is 0. The van der Waals surface area contributed by atoms with Crippen LogP contribution in [0.15, 0.2) is 79.4 Å². The van der Waals surface area contributed by atoms with Crippen molar-refractivity contribution >= 4 is 18.2 Å². The van der Waals surface area contributed by atoms with Crippen LogP contribution in [0, 0.1) is 0 Å². The molecule has 4 heteroatoms. The molecule has 0 aliphatic rings. The van der Waals surface area contributed by atoms with E-state index in [9.17, 15) is 4.79 Å². The van der Waals surface area contributed by atoms with E-state index in [0.717, 1.165) is 11.1 Å². The molecule has 1 atom stereocenters. The second kappa shape index (κ2) is 8.30. The summed E-state index contributed by atoms with van der Waals surface area (Å²) in [6, 6.07) is 19.9. The predicted octanol–water partition coefficient (Wildman–Crippen LogP) is 3.90. The van der Waals surface area contributed by atoms with Crippen molar-refractivity contribution < 1.29 is 4.79 Å². The second-order valence-corrected chi connectivity index (χ2v) is 5.35. The van der Waals surface area contributed by atoms with Gasteiger partial charge in [0.1, 0.15) is 5.78 Å². The number of halogens is 1. The lowest BCUT2D eigenvalue weighted by Crippen LogP contribution is -2.20. The maximum atomic E-state index is 12.8. The van der Waals surface area contributed by atoms with Gasteiger partial charge in [0.2, 0.25) is 0 Å². The number of hydrogen-bond donors (Lipinski definition) is 0. The Hall–Kier alpha value is -2.39. The van der Waals surface area contributed by atoms with Gasteiger partial charge in [0.25, 0.3) is 0 Å². The molecule has 0 radical (unpaired) electrons. The van der Waals surface area contributed by atoms with Crippen molar-refractivity contribution in [2.75, 3.05) is 0 Å². The van der Waals surface area contributed by atoms with Crippen LogP contribution in [0.1, 0.15) is 17.0 Å². The van der Waals surface area contributed by atoms with Crippen LogP contribution < -0.4 is 0 Å². The SMILES string of the molecule is Cl.O=C(Cc1ccccc1)C(Cn1ccnc1)c1ccccc1. The average Bonchev–Trinajstić information content (AvgIpc) is 3.07. The van der Waals surface area contributed by atoms with Gasteiger partial charge in [-0.3, -0.25) is 4.79 Å². The van der Waals surface area contributed by atoms with Gasteiger partial charge in [-0.1, -0.05) is 60.7 Å². The monoisotopic (exact) mass is 326 g/mol. The zero-order chi connectivity index (χ0) is 15.2. The van der Waals surface area contributed by atoms with Gasteiger partial charge < -0.3 is 4.57 Å². The van der Waals surface area contributed by atoms with E-state index in [4.69, 9.17) is 0 Å². The summed E-state index contributed by atoms with van der Waals surface area (Å²) in [6.45, 7) is 0.621. The summed E-state index contributed by atoms with van der Waals surface area (Å²) in [4.78, 5) is 16.9. The highest BCUT2D eigenvalue weighted by Crippen LogP contribution is 2.21. The lowest BCUT2D eigenvalue weighted by atomic mass is 9.91. The Morgan fingerprint density at radius 2 is 1.65 bits per heavy atom. The molecule has 3 rings (SSSR count). The van der Waals surface area contributed by atoms with Crippen molar-refractivity contribution in [2.45, 2.75) is 18.9 Å². The molecule has 0 N–H and O–H groups in total. The van der Waals surface area contributed by atoms with Crippen LogP contribution in [0.2, 0.25) is 0 Å². The lowest BCUT2D eigenvalue weighted by Gasteiger charge is -2.17. The van der Waals surface area contributed by atoms with E-state index in [1.165, 1.54) is 0 Å². The minimum Gasteiger partial charge on any atom is -0.336 e. The van der Waals surface area contributed by atoms with Crippen molar-refractivity contribution in [3.8, 4) is 0 Å². The van der Waals surface area contributed by atoms with Gasteiger partial charge in [-0.15, -0.1) is 12.4 Å². The summed E-state index contributed by atoms with van der Waals surface area (Å²) in [5, 5.41) is 0. The summed E-state index contributed by atoms with van der Waals surface area (Å²) >= 11 is 0. The smallest absolute Gasteiger partial charge is 0.146 e. The summed E-state index contributed by atoms with van der Waals surface area (Å²) in [5.41, 5.74) is 2.11. The minimum absolute atomic E-state index is 0. The molecule has 0 fully saturated rings. The normalized spacial score (nSPS) is 11.5. The minimum atomic E-state index is -0.157. The fourth-order valence-corrected chi connectivity index (χ4v) is 2.60. The first-order valence-electron chi connectivity index (χ1n) is 7.40. The molecule has 0 aliphatic carbocycles. The second-order valence-electron chi connectivity index (χ2n) is 5.35. The van der Waals surface area contributed by atoms with Gasteiger partial charge in [-0.05, 0) is 11.1 Å². The molecule has 1 aromatic heterocycles. The van der Waals surface area contributed by atoms with Crippen molar-refractivity contribution in [2.24, 2.45) is 0 Å². The Balaban J connectivity index is 0.00000192. The molecule has 0 aliphatic heterocycles. The highest BCUT2D eigenvalue weighted by Gasteiger charge is 2.21. The van der Waals surface area contributed by atoms with Crippen LogP contribution in [0.25, 0.3) is 0 Å². The van der Waals surface area contributed by atoms with Gasteiger partial charge in [0.05, 0.1) is 12.2 Å². The zero-order valence-corrected chi connectivity index (χ0v) is 13.5. The van der Waals surface area contributed by atoms with Crippen molar-refractivity contribution in [1.29, 1.82) is 0 Å². The number of aromatic nitrogens is 2. The first-order chi connectivity index (χ1) is 10.8. The Kier molecular flexibility index (Phi) is 6.12. The number of hydrogen-bond acceptors (Lipinski definition) is 2. The molecule has 0 saturated heterocycles. The third kappa shape index (κ3) is 4.54. The first kappa shape index (κ1) is 17.0. The van der Waals surface area contributed by atoms with Gasteiger partial charge in [0, 0.05) is 25.4 Å². The first-order valence-corrected chi connectivity index (χ1v) is 7.40. The number of imidazole rings is 1. The number of ketones is 1. The predicted molar refractivity (Wildman–Crippen MR) is 93.8 cm³/mol. The fourth-order valence-electron chi connectivity index (χ4n) is 2.60. The lowest BCUT2D eigenvalue weighted by molar-refractivity contribution is -0.120. The molecular formula is C19H19ClN2O. The number of carbonyl (C=O) groups excluding carboxylic acids is 1. The van der Waals surface area contributed by atoms with E-state index in [0.29, 0.717) is 13.0 Å². The largest absolute Gasteiger partial charge is 0.336 e. The molecule has 3 nitrogen and oxygen atoms in total. The number of rotatable bonds is 6. The average molecular weight is 327 g/mol. The fraction of sp³-hybridized carbons (Fsp3) is 0.158. The molecule has 23 heavy (non-hydrogen) atoms. The molecule has 0 spiro atoms. The Bertz CT molecular complexity index is 712. The molecule has 3 aromatic rings. The number of carbonyl (C=O) groups is 1. The quantitative estimate of drug-likeness (QED) is 0.688. The number of Topliss-reactive ketones (excluding diaryl/α,β-unsaturated/α-hetero) is 1. The van der Waals surface area contributed by atoms with Crippen LogP contribution in [-0.2, 0) is 17.8 Å². The van der Waals surface area contributed by atoms with Gasteiger partial charge in [-0.25, -0.2) is 4.98 Å². The van der Waals surface area contributed by atoms with E-state index in [-0.39, 0.29) is 24.1 Å². The molecule has 0 amide bonds.